The minimum Gasteiger partial charge on any atom is -0.451 e. The molecule has 0 bridgehead atoms. The van der Waals surface area contributed by atoms with Crippen molar-refractivity contribution in [1.29, 1.82) is 0 Å². The number of rotatable bonds is 2. The molecule has 3 heteroatoms. The molecule has 0 atom stereocenters. The van der Waals surface area contributed by atoms with Crippen LogP contribution in [0, 0.1) is 27.7 Å². The molecule has 0 aliphatic heterocycles. The lowest BCUT2D eigenvalue weighted by Crippen LogP contribution is -2.12. The number of hydrogen-bond acceptors (Lipinski definition) is 2. The normalized spacial score (nSPS) is 10.9. The number of carbonyl (C=O) groups is 1. The Kier molecular flexibility index (Phi) is 3.49. The second-order valence-electron chi connectivity index (χ2n) is 5.81. The Morgan fingerprint density at radius 2 is 1.73 bits per heavy atom. The zero-order chi connectivity index (χ0) is 15.9. The van der Waals surface area contributed by atoms with Gasteiger partial charge in [0.2, 0.25) is 0 Å². The van der Waals surface area contributed by atoms with E-state index in [1.165, 1.54) is 5.56 Å². The van der Waals surface area contributed by atoms with Crippen LogP contribution in [0.1, 0.15) is 32.8 Å². The van der Waals surface area contributed by atoms with Gasteiger partial charge in [0, 0.05) is 16.6 Å². The Morgan fingerprint density at radius 1 is 1.00 bits per heavy atom. The summed E-state index contributed by atoms with van der Waals surface area (Å²) in [5.74, 6) is 0.163. The fourth-order valence-corrected chi connectivity index (χ4v) is 2.60. The second kappa shape index (κ2) is 5.34. The van der Waals surface area contributed by atoms with E-state index in [4.69, 9.17) is 4.42 Å². The monoisotopic (exact) mass is 293 g/mol. The summed E-state index contributed by atoms with van der Waals surface area (Å²) in [6, 6.07) is 11.8. The molecule has 112 valence electrons. The van der Waals surface area contributed by atoms with E-state index in [1.807, 2.05) is 51.1 Å². The average molecular weight is 293 g/mol. The van der Waals surface area contributed by atoms with Crippen LogP contribution >= 0.6 is 0 Å². The molecule has 0 fully saturated rings. The smallest absolute Gasteiger partial charge is 0.291 e. The molecule has 3 rings (SSSR count). The molecule has 0 saturated carbocycles. The second-order valence-corrected chi connectivity index (χ2v) is 5.81. The largest absolute Gasteiger partial charge is 0.451 e. The number of hydrogen-bond donors (Lipinski definition) is 1. The predicted molar refractivity (Wildman–Crippen MR) is 89.6 cm³/mol. The van der Waals surface area contributed by atoms with Gasteiger partial charge in [-0.2, -0.15) is 0 Å². The third-order valence-corrected chi connectivity index (χ3v) is 4.03. The maximum Gasteiger partial charge on any atom is 0.291 e. The molecular formula is C19H19NO2. The van der Waals surface area contributed by atoms with E-state index in [1.54, 1.807) is 0 Å². The number of anilines is 1. The Balaban J connectivity index is 1.99. The lowest BCUT2D eigenvalue weighted by atomic mass is 10.0. The van der Waals surface area contributed by atoms with Gasteiger partial charge in [-0.25, -0.2) is 0 Å². The highest BCUT2D eigenvalue weighted by Crippen LogP contribution is 2.28. The van der Waals surface area contributed by atoms with Crippen molar-refractivity contribution in [3.8, 4) is 0 Å². The molecule has 0 unspecified atom stereocenters. The number of nitrogens with one attached hydrogen (secondary N) is 1. The Hall–Kier alpha value is -2.55. The summed E-state index contributed by atoms with van der Waals surface area (Å²) < 4.78 is 5.79. The SMILES string of the molecule is Cc1cccc(NC(=O)c2oc3cc(C)c(C)cc3c2C)c1. The Labute approximate surface area is 130 Å². The molecule has 3 aromatic rings. The van der Waals surface area contributed by atoms with Crippen LogP contribution in [0.4, 0.5) is 5.69 Å². The molecule has 22 heavy (non-hydrogen) atoms. The molecule has 0 spiro atoms. The van der Waals surface area contributed by atoms with Crippen LogP contribution in [0.15, 0.2) is 40.8 Å². The van der Waals surface area contributed by atoms with Gasteiger partial charge >= 0.3 is 0 Å². The summed E-state index contributed by atoms with van der Waals surface area (Å²) in [4.78, 5) is 12.5. The first-order valence-corrected chi connectivity index (χ1v) is 7.34. The van der Waals surface area contributed by atoms with Gasteiger partial charge in [-0.3, -0.25) is 4.79 Å². The van der Waals surface area contributed by atoms with E-state index in [0.717, 1.165) is 33.3 Å². The van der Waals surface area contributed by atoms with Gasteiger partial charge < -0.3 is 9.73 Å². The number of carbonyl (C=O) groups excluding carboxylic acids is 1. The molecule has 1 heterocycles. The molecule has 0 saturated heterocycles. The lowest BCUT2D eigenvalue weighted by molar-refractivity contribution is 0.0998. The minimum absolute atomic E-state index is 0.213. The van der Waals surface area contributed by atoms with Crippen molar-refractivity contribution in [1.82, 2.24) is 0 Å². The van der Waals surface area contributed by atoms with E-state index in [9.17, 15) is 4.79 Å². The topological polar surface area (TPSA) is 42.2 Å². The van der Waals surface area contributed by atoms with Crippen LogP contribution in [0.2, 0.25) is 0 Å². The summed E-state index contributed by atoms with van der Waals surface area (Å²) in [6.45, 7) is 8.02. The number of benzene rings is 2. The summed E-state index contributed by atoms with van der Waals surface area (Å²) >= 11 is 0. The molecule has 1 N–H and O–H groups in total. The maximum atomic E-state index is 12.5. The van der Waals surface area contributed by atoms with Crippen LogP contribution in [-0.4, -0.2) is 5.91 Å². The zero-order valence-corrected chi connectivity index (χ0v) is 13.3. The van der Waals surface area contributed by atoms with Gasteiger partial charge in [0.15, 0.2) is 5.76 Å². The third-order valence-electron chi connectivity index (χ3n) is 4.03. The molecule has 0 aliphatic rings. The van der Waals surface area contributed by atoms with Crippen molar-refractivity contribution in [2.24, 2.45) is 0 Å². The van der Waals surface area contributed by atoms with E-state index < -0.39 is 0 Å². The van der Waals surface area contributed by atoms with Crippen LogP contribution < -0.4 is 5.32 Å². The van der Waals surface area contributed by atoms with Gasteiger partial charge in [-0.1, -0.05) is 12.1 Å². The quantitative estimate of drug-likeness (QED) is 0.728. The van der Waals surface area contributed by atoms with E-state index >= 15 is 0 Å². The van der Waals surface area contributed by atoms with Gasteiger partial charge in [0.1, 0.15) is 5.58 Å². The van der Waals surface area contributed by atoms with Gasteiger partial charge in [-0.15, -0.1) is 0 Å². The van der Waals surface area contributed by atoms with Crippen molar-refractivity contribution in [3.63, 3.8) is 0 Å². The number of amides is 1. The fourth-order valence-electron chi connectivity index (χ4n) is 2.60. The first-order chi connectivity index (χ1) is 10.5. The average Bonchev–Trinajstić information content (AvgIpc) is 2.77. The first kappa shape index (κ1) is 14.4. The van der Waals surface area contributed by atoms with Crippen molar-refractivity contribution >= 4 is 22.6 Å². The van der Waals surface area contributed by atoms with Crippen molar-refractivity contribution in [2.45, 2.75) is 27.7 Å². The summed E-state index contributed by atoms with van der Waals surface area (Å²) in [5.41, 5.74) is 5.87. The highest BCUT2D eigenvalue weighted by molar-refractivity contribution is 6.06. The fraction of sp³-hybridized carbons (Fsp3) is 0.211. The van der Waals surface area contributed by atoms with Crippen molar-refractivity contribution in [3.05, 3.63) is 64.4 Å². The molecule has 1 amide bonds. The Morgan fingerprint density at radius 3 is 2.45 bits per heavy atom. The molecular weight excluding hydrogens is 274 g/mol. The number of aryl methyl sites for hydroxylation is 4. The van der Waals surface area contributed by atoms with Crippen LogP contribution in [-0.2, 0) is 0 Å². The molecule has 0 radical (unpaired) electrons. The zero-order valence-electron chi connectivity index (χ0n) is 13.3. The third kappa shape index (κ3) is 2.50. The van der Waals surface area contributed by atoms with Crippen LogP contribution in [0.25, 0.3) is 11.0 Å². The lowest BCUT2D eigenvalue weighted by Gasteiger charge is -2.04. The van der Waals surface area contributed by atoms with Crippen LogP contribution in [0.3, 0.4) is 0 Å². The van der Waals surface area contributed by atoms with Crippen molar-refractivity contribution < 1.29 is 9.21 Å². The highest BCUT2D eigenvalue weighted by atomic mass is 16.3. The van der Waals surface area contributed by atoms with E-state index in [-0.39, 0.29) is 5.91 Å². The first-order valence-electron chi connectivity index (χ1n) is 7.34. The maximum absolute atomic E-state index is 12.5. The van der Waals surface area contributed by atoms with Crippen molar-refractivity contribution in [2.75, 3.05) is 5.32 Å². The highest BCUT2D eigenvalue weighted by Gasteiger charge is 2.18. The Bertz CT molecular complexity index is 875. The standard InChI is InChI=1S/C19H19NO2/c1-11-6-5-7-15(8-11)20-19(21)18-14(4)16-9-12(2)13(3)10-17(16)22-18/h5-10H,1-4H3,(H,20,21). The molecule has 3 nitrogen and oxygen atoms in total. The molecule has 0 aliphatic carbocycles. The number of furan rings is 1. The van der Waals surface area contributed by atoms with Gasteiger partial charge in [-0.05, 0) is 68.7 Å². The van der Waals surface area contributed by atoms with E-state index in [2.05, 4.69) is 18.3 Å². The molecule has 2 aromatic carbocycles. The minimum atomic E-state index is -0.213. The number of fused-ring (bicyclic) bond motifs is 1. The van der Waals surface area contributed by atoms with Crippen LogP contribution in [0.5, 0.6) is 0 Å². The summed E-state index contributed by atoms with van der Waals surface area (Å²) in [6.07, 6.45) is 0. The predicted octanol–water partition coefficient (Wildman–Crippen LogP) is 4.92. The van der Waals surface area contributed by atoms with Gasteiger partial charge in [0.05, 0.1) is 0 Å². The summed E-state index contributed by atoms with van der Waals surface area (Å²) in [5, 5.41) is 3.90. The summed E-state index contributed by atoms with van der Waals surface area (Å²) in [7, 11) is 0. The molecule has 1 aromatic heterocycles. The van der Waals surface area contributed by atoms with Gasteiger partial charge in [0.25, 0.3) is 5.91 Å². The van der Waals surface area contributed by atoms with E-state index in [0.29, 0.717) is 5.76 Å².